The van der Waals surface area contributed by atoms with Crippen molar-refractivity contribution >= 4 is 45.1 Å². The number of thioether (sulfide) groups is 1. The third-order valence-electron chi connectivity index (χ3n) is 3.20. The van der Waals surface area contributed by atoms with Crippen molar-refractivity contribution in [2.75, 3.05) is 0 Å². The van der Waals surface area contributed by atoms with Gasteiger partial charge in [0.25, 0.3) is 5.91 Å². The van der Waals surface area contributed by atoms with Gasteiger partial charge in [-0.05, 0) is 29.8 Å². The lowest BCUT2D eigenvalue weighted by Crippen LogP contribution is -2.40. The molecule has 1 heterocycles. The summed E-state index contributed by atoms with van der Waals surface area (Å²) < 4.78 is 2.22. The highest BCUT2D eigenvalue weighted by molar-refractivity contribution is 8.00. The van der Waals surface area contributed by atoms with Crippen LogP contribution in [0.15, 0.2) is 52.9 Å². The number of nitrogens with one attached hydrogen (secondary N) is 2. The molecule has 0 aliphatic heterocycles. The molecule has 2 N–H and O–H groups in total. The molecule has 0 aliphatic carbocycles. The van der Waals surface area contributed by atoms with Crippen LogP contribution in [-0.4, -0.2) is 16.8 Å². The summed E-state index contributed by atoms with van der Waals surface area (Å²) >= 11 is 3.36. The summed E-state index contributed by atoms with van der Waals surface area (Å²) in [5, 5.41) is 0. The van der Waals surface area contributed by atoms with Gasteiger partial charge in [0.05, 0.1) is 10.2 Å². The summed E-state index contributed by atoms with van der Waals surface area (Å²) in [5.41, 5.74) is 7.23. The number of hydrogen-bond acceptors (Lipinski definition) is 5. The zero-order valence-electron chi connectivity index (χ0n) is 12.9. The quantitative estimate of drug-likeness (QED) is 0.555. The summed E-state index contributed by atoms with van der Waals surface area (Å²) in [5.74, 6) is 0.135. The van der Waals surface area contributed by atoms with Crippen LogP contribution in [0.1, 0.15) is 22.8 Å². The minimum atomic E-state index is -0.337. The topological polar surface area (TPSA) is 71.1 Å². The maximum absolute atomic E-state index is 11.8. The first-order valence-electron chi connectivity index (χ1n) is 7.26. The van der Waals surface area contributed by atoms with Crippen LogP contribution < -0.4 is 10.9 Å². The molecule has 0 atom stereocenters. The molecule has 0 radical (unpaired) electrons. The number of hydrogen-bond donors (Lipinski definition) is 2. The van der Waals surface area contributed by atoms with Gasteiger partial charge in [0.1, 0.15) is 0 Å². The molecule has 1 aromatic heterocycles. The SMILES string of the molecule is CC(=O)NNC(=O)c1ccc(CSc2nc3ccccc3s2)cc1. The summed E-state index contributed by atoms with van der Waals surface area (Å²) in [6, 6.07) is 15.4. The van der Waals surface area contributed by atoms with Gasteiger partial charge in [-0.2, -0.15) is 0 Å². The van der Waals surface area contributed by atoms with Gasteiger partial charge in [-0.15, -0.1) is 11.3 Å². The highest BCUT2D eigenvalue weighted by Gasteiger charge is 2.07. The van der Waals surface area contributed by atoms with E-state index in [2.05, 4.69) is 21.9 Å². The van der Waals surface area contributed by atoms with E-state index >= 15 is 0 Å². The number of para-hydroxylation sites is 1. The number of hydrazine groups is 1. The largest absolute Gasteiger partial charge is 0.274 e. The van der Waals surface area contributed by atoms with Crippen molar-refractivity contribution in [3.8, 4) is 0 Å². The number of aromatic nitrogens is 1. The molecule has 0 unspecified atom stereocenters. The predicted molar refractivity (Wildman–Crippen MR) is 96.9 cm³/mol. The van der Waals surface area contributed by atoms with Gasteiger partial charge in [-0.1, -0.05) is 36.0 Å². The first-order valence-corrected chi connectivity index (χ1v) is 9.06. The van der Waals surface area contributed by atoms with E-state index in [1.165, 1.54) is 11.6 Å². The minimum Gasteiger partial charge on any atom is -0.274 e. The highest BCUT2D eigenvalue weighted by atomic mass is 32.2. The number of thiazole rings is 1. The van der Waals surface area contributed by atoms with Gasteiger partial charge in [0.2, 0.25) is 5.91 Å². The molecule has 24 heavy (non-hydrogen) atoms. The van der Waals surface area contributed by atoms with Crippen molar-refractivity contribution in [1.29, 1.82) is 0 Å². The maximum Gasteiger partial charge on any atom is 0.269 e. The Hall–Kier alpha value is -2.38. The third-order valence-corrected chi connectivity index (χ3v) is 5.46. The van der Waals surface area contributed by atoms with Crippen LogP contribution in [0.5, 0.6) is 0 Å². The highest BCUT2D eigenvalue weighted by Crippen LogP contribution is 2.31. The molecule has 122 valence electrons. The molecule has 5 nitrogen and oxygen atoms in total. The lowest BCUT2D eigenvalue weighted by Gasteiger charge is -2.05. The van der Waals surface area contributed by atoms with Crippen molar-refractivity contribution in [2.45, 2.75) is 17.0 Å². The van der Waals surface area contributed by atoms with Crippen LogP contribution in [0.4, 0.5) is 0 Å². The summed E-state index contributed by atoms with van der Waals surface area (Å²) in [7, 11) is 0. The molecule has 3 aromatic rings. The lowest BCUT2D eigenvalue weighted by atomic mass is 10.1. The van der Waals surface area contributed by atoms with Gasteiger partial charge < -0.3 is 0 Å². The van der Waals surface area contributed by atoms with Crippen molar-refractivity contribution in [2.24, 2.45) is 0 Å². The number of fused-ring (bicyclic) bond motifs is 1. The zero-order valence-corrected chi connectivity index (χ0v) is 14.5. The minimum absolute atomic E-state index is 0.313. The number of benzene rings is 2. The van der Waals surface area contributed by atoms with Crippen LogP contribution >= 0.6 is 23.1 Å². The van der Waals surface area contributed by atoms with Crippen molar-refractivity contribution < 1.29 is 9.59 Å². The fourth-order valence-electron chi connectivity index (χ4n) is 2.03. The molecule has 0 saturated heterocycles. The Kier molecular flexibility index (Phi) is 5.12. The molecular formula is C17H15N3O2S2. The van der Waals surface area contributed by atoms with Crippen LogP contribution in [0.25, 0.3) is 10.2 Å². The van der Waals surface area contributed by atoms with Crippen LogP contribution in [0, 0.1) is 0 Å². The average molecular weight is 357 g/mol. The Morgan fingerprint density at radius 1 is 1.08 bits per heavy atom. The fraction of sp³-hybridized carbons (Fsp3) is 0.118. The molecule has 0 fully saturated rings. The smallest absolute Gasteiger partial charge is 0.269 e. The third kappa shape index (κ3) is 4.12. The Bertz CT molecular complexity index is 842. The number of carbonyl (C=O) groups excluding carboxylic acids is 2. The number of rotatable bonds is 4. The first kappa shape index (κ1) is 16.5. The number of carbonyl (C=O) groups is 2. The van der Waals surface area contributed by atoms with E-state index in [4.69, 9.17) is 0 Å². The van der Waals surface area contributed by atoms with Gasteiger partial charge >= 0.3 is 0 Å². The Balaban J connectivity index is 1.59. The molecule has 2 aromatic carbocycles. The van der Waals surface area contributed by atoms with Crippen molar-refractivity contribution in [3.05, 3.63) is 59.7 Å². The predicted octanol–water partition coefficient (Wildman–Crippen LogP) is 3.37. The second-order valence-corrected chi connectivity index (χ2v) is 7.32. The fourth-order valence-corrected chi connectivity index (χ4v) is 4.05. The standard InChI is InChI=1S/C17H15N3O2S2/c1-11(21)19-20-16(22)13-8-6-12(7-9-13)10-23-17-18-14-4-2-3-5-15(14)24-17/h2-9H,10H2,1H3,(H,19,21)(H,20,22). The Morgan fingerprint density at radius 2 is 1.83 bits per heavy atom. The van der Waals surface area contributed by atoms with E-state index in [1.807, 2.05) is 30.3 Å². The zero-order chi connectivity index (χ0) is 16.9. The van der Waals surface area contributed by atoms with Crippen LogP contribution in [0.2, 0.25) is 0 Å². The van der Waals surface area contributed by atoms with Crippen LogP contribution in [-0.2, 0) is 10.5 Å². The lowest BCUT2D eigenvalue weighted by molar-refractivity contribution is -0.119. The van der Waals surface area contributed by atoms with Gasteiger partial charge in [-0.3, -0.25) is 20.4 Å². The monoisotopic (exact) mass is 357 g/mol. The van der Waals surface area contributed by atoms with Crippen molar-refractivity contribution in [3.63, 3.8) is 0 Å². The molecule has 2 amide bonds. The molecule has 0 aliphatic rings. The number of nitrogens with zero attached hydrogens (tertiary/aromatic N) is 1. The van der Waals surface area contributed by atoms with Crippen LogP contribution in [0.3, 0.4) is 0 Å². The first-order chi connectivity index (χ1) is 11.6. The van der Waals surface area contributed by atoms with E-state index in [-0.39, 0.29) is 11.8 Å². The van der Waals surface area contributed by atoms with E-state index in [9.17, 15) is 9.59 Å². The summed E-state index contributed by atoms with van der Waals surface area (Å²) in [6.45, 7) is 1.34. The molecule has 3 rings (SSSR count). The van der Waals surface area contributed by atoms with Gasteiger partial charge in [0.15, 0.2) is 4.34 Å². The second-order valence-electron chi connectivity index (χ2n) is 5.07. The van der Waals surface area contributed by atoms with E-state index < -0.39 is 0 Å². The number of amides is 2. The summed E-state index contributed by atoms with van der Waals surface area (Å²) in [6.07, 6.45) is 0. The van der Waals surface area contributed by atoms with Gasteiger partial charge in [0, 0.05) is 18.2 Å². The average Bonchev–Trinajstić information content (AvgIpc) is 3.01. The van der Waals surface area contributed by atoms with Gasteiger partial charge in [-0.25, -0.2) is 4.98 Å². The second kappa shape index (κ2) is 7.46. The molecule has 7 heteroatoms. The maximum atomic E-state index is 11.8. The van der Waals surface area contributed by atoms with E-state index in [0.29, 0.717) is 5.56 Å². The Labute approximate surface area is 147 Å². The normalized spacial score (nSPS) is 10.5. The van der Waals surface area contributed by atoms with Crippen molar-refractivity contribution in [1.82, 2.24) is 15.8 Å². The molecular weight excluding hydrogens is 342 g/mol. The Morgan fingerprint density at radius 3 is 2.54 bits per heavy atom. The van der Waals surface area contributed by atoms with E-state index in [0.717, 1.165) is 21.2 Å². The molecule has 0 spiro atoms. The van der Waals surface area contributed by atoms with E-state index in [1.54, 1.807) is 35.2 Å². The molecule has 0 saturated carbocycles. The molecule has 0 bridgehead atoms. The summed E-state index contributed by atoms with van der Waals surface area (Å²) in [4.78, 5) is 27.2.